The third kappa shape index (κ3) is 7.24. The average Bonchev–Trinajstić information content (AvgIpc) is 3.66. The van der Waals surface area contributed by atoms with E-state index in [9.17, 15) is 27.2 Å². The van der Waals surface area contributed by atoms with Gasteiger partial charge in [-0.2, -0.15) is 13.2 Å². The maximum Gasteiger partial charge on any atom is 0.416 e. The molecule has 12 heteroatoms. The second kappa shape index (κ2) is 13.0. The van der Waals surface area contributed by atoms with Crippen LogP contribution in [0.2, 0.25) is 0 Å². The van der Waals surface area contributed by atoms with E-state index in [1.54, 1.807) is 21.2 Å². The molecule has 1 fully saturated rings. The largest absolute Gasteiger partial charge is 0.416 e. The Morgan fingerprint density at radius 2 is 1.74 bits per heavy atom. The highest BCUT2D eigenvalue weighted by Crippen LogP contribution is 2.32. The Labute approximate surface area is 251 Å². The summed E-state index contributed by atoms with van der Waals surface area (Å²) in [5, 5.41) is 2.46. The van der Waals surface area contributed by atoms with Crippen molar-refractivity contribution in [2.75, 3.05) is 37.6 Å². The third-order valence-corrected chi connectivity index (χ3v) is 8.16. The molecule has 0 aliphatic carbocycles. The van der Waals surface area contributed by atoms with Crippen molar-refractivity contribution in [3.05, 3.63) is 106 Å². The van der Waals surface area contributed by atoms with Gasteiger partial charge in [-0.3, -0.25) is 9.59 Å². The summed E-state index contributed by atoms with van der Waals surface area (Å²) in [5.74, 6) is -0.783. The average molecular weight is 614 g/mol. The van der Waals surface area contributed by atoms with Crippen LogP contribution < -0.4 is 4.90 Å². The molecule has 0 radical (unpaired) electrons. The number of hydrogen-bond acceptors (Lipinski definition) is 5. The maximum atomic E-state index is 13.4. The first kappa shape index (κ1) is 30.3. The minimum Gasteiger partial charge on any atom is -0.368 e. The summed E-state index contributed by atoms with van der Waals surface area (Å²) in [6, 6.07) is 14.6. The number of thiazole rings is 1. The van der Waals surface area contributed by atoms with Gasteiger partial charge in [0.1, 0.15) is 16.5 Å². The molecule has 3 heterocycles. The number of carbonyl (C=O) groups excluding carboxylic acids is 2. The fourth-order valence-corrected chi connectivity index (χ4v) is 5.84. The Morgan fingerprint density at radius 1 is 1.00 bits per heavy atom. The third-order valence-electron chi connectivity index (χ3n) is 7.33. The lowest BCUT2D eigenvalue weighted by Crippen LogP contribution is -2.49. The smallest absolute Gasteiger partial charge is 0.368 e. The first-order chi connectivity index (χ1) is 20.6. The van der Waals surface area contributed by atoms with Crippen molar-refractivity contribution >= 4 is 28.8 Å². The van der Waals surface area contributed by atoms with Gasteiger partial charge in [0, 0.05) is 61.2 Å². The van der Waals surface area contributed by atoms with Crippen LogP contribution in [0.5, 0.6) is 0 Å². The number of benzene rings is 2. The summed E-state index contributed by atoms with van der Waals surface area (Å²) in [7, 11) is 0. The zero-order valence-corrected chi connectivity index (χ0v) is 24.4. The number of amides is 2. The van der Waals surface area contributed by atoms with Gasteiger partial charge < -0.3 is 19.3 Å². The lowest BCUT2D eigenvalue weighted by atomic mass is 10.1. The monoisotopic (exact) mass is 613 g/mol. The van der Waals surface area contributed by atoms with Crippen molar-refractivity contribution in [1.29, 1.82) is 0 Å². The van der Waals surface area contributed by atoms with E-state index in [1.807, 2.05) is 34.7 Å². The molecule has 0 spiro atoms. The molecule has 2 aromatic carbocycles. The van der Waals surface area contributed by atoms with Crippen LogP contribution in [0, 0.1) is 5.82 Å². The molecule has 226 valence electrons. The quantitative estimate of drug-likeness (QED) is 0.212. The molecular formula is C31H31F4N5O2S. The minimum atomic E-state index is -4.41. The van der Waals surface area contributed by atoms with E-state index < -0.39 is 17.6 Å². The molecule has 2 aromatic heterocycles. The number of nitrogens with zero attached hydrogens (tertiary/aromatic N) is 5. The van der Waals surface area contributed by atoms with E-state index in [2.05, 4.69) is 4.98 Å². The first-order valence-corrected chi connectivity index (χ1v) is 14.8. The Kier molecular flexibility index (Phi) is 9.14. The molecule has 0 atom stereocenters. The normalized spacial score (nSPS) is 13.8. The van der Waals surface area contributed by atoms with Crippen LogP contribution in [0.25, 0.3) is 0 Å². The zero-order valence-electron chi connectivity index (χ0n) is 23.6. The molecule has 5 rings (SSSR count). The molecule has 0 unspecified atom stereocenters. The molecule has 4 aromatic rings. The molecule has 0 N–H and O–H groups in total. The van der Waals surface area contributed by atoms with Gasteiger partial charge in [0.2, 0.25) is 0 Å². The fraction of sp³-hybridized carbons (Fsp3) is 0.323. The van der Waals surface area contributed by atoms with Crippen molar-refractivity contribution in [2.24, 2.45) is 0 Å². The highest BCUT2D eigenvalue weighted by atomic mass is 32.1. The summed E-state index contributed by atoms with van der Waals surface area (Å²) in [6.07, 6.45) is -1.74. The van der Waals surface area contributed by atoms with Crippen LogP contribution in [0.15, 0.2) is 72.2 Å². The van der Waals surface area contributed by atoms with Crippen molar-refractivity contribution in [3.63, 3.8) is 0 Å². The lowest BCUT2D eigenvalue weighted by molar-refractivity contribution is -0.137. The van der Waals surface area contributed by atoms with Crippen LogP contribution in [-0.2, 0) is 19.3 Å². The Balaban J connectivity index is 1.20. The van der Waals surface area contributed by atoms with Crippen LogP contribution in [-0.4, -0.2) is 63.9 Å². The summed E-state index contributed by atoms with van der Waals surface area (Å²) in [6.45, 7) is 4.90. The molecule has 0 bridgehead atoms. The number of anilines is 1. The van der Waals surface area contributed by atoms with Crippen LogP contribution >= 0.6 is 11.3 Å². The Morgan fingerprint density at radius 3 is 2.44 bits per heavy atom. The van der Waals surface area contributed by atoms with E-state index >= 15 is 0 Å². The van der Waals surface area contributed by atoms with Gasteiger partial charge in [-0.05, 0) is 61.0 Å². The number of aromatic nitrogens is 2. The topological polar surface area (TPSA) is 61.7 Å². The predicted octanol–water partition coefficient (Wildman–Crippen LogP) is 6.17. The summed E-state index contributed by atoms with van der Waals surface area (Å²) in [5.41, 5.74) is 1.45. The number of halogens is 4. The molecule has 7 nitrogen and oxygen atoms in total. The van der Waals surface area contributed by atoms with Crippen LogP contribution in [0.1, 0.15) is 50.5 Å². The Hall–Kier alpha value is -4.19. The van der Waals surface area contributed by atoms with Gasteiger partial charge in [-0.25, -0.2) is 9.37 Å². The summed E-state index contributed by atoms with van der Waals surface area (Å²) in [4.78, 5) is 36.1. The fourth-order valence-electron chi connectivity index (χ4n) is 5.08. The SMILES string of the molecule is CCCN(Cc1cccn1Cc1nc(C(=O)N2CCN(c3cccc(C(F)(F)F)c3)CC2)cs1)C(=O)c1ccc(F)cc1. The standard InChI is InChI=1S/C31H31F4N5O2S/c1-2-12-40(29(41)22-8-10-24(32)11-9-22)19-26-7-4-13-39(26)20-28-36-27(21-43-28)30(42)38-16-14-37(15-17-38)25-6-3-5-23(18-25)31(33,34)35/h3-11,13,18,21H,2,12,14-17,19-20H2,1H3. The number of alkyl halides is 3. The number of rotatable bonds is 9. The van der Waals surface area contributed by atoms with Crippen molar-refractivity contribution < 1.29 is 27.2 Å². The second-order valence-corrected chi connectivity index (χ2v) is 11.3. The highest BCUT2D eigenvalue weighted by molar-refractivity contribution is 7.09. The lowest BCUT2D eigenvalue weighted by Gasteiger charge is -2.36. The second-order valence-electron chi connectivity index (χ2n) is 10.3. The highest BCUT2D eigenvalue weighted by Gasteiger charge is 2.31. The molecule has 1 saturated heterocycles. The van der Waals surface area contributed by atoms with E-state index in [0.717, 1.165) is 29.3 Å². The molecule has 1 aliphatic heterocycles. The summed E-state index contributed by atoms with van der Waals surface area (Å²) < 4.78 is 54.7. The van der Waals surface area contributed by atoms with Gasteiger partial charge in [0.25, 0.3) is 11.8 Å². The van der Waals surface area contributed by atoms with Gasteiger partial charge in [-0.15, -0.1) is 11.3 Å². The minimum absolute atomic E-state index is 0.176. The van der Waals surface area contributed by atoms with Crippen molar-refractivity contribution in [1.82, 2.24) is 19.4 Å². The number of carbonyl (C=O) groups is 2. The van der Waals surface area contributed by atoms with Gasteiger partial charge in [0.15, 0.2) is 0 Å². The van der Waals surface area contributed by atoms with E-state index in [0.29, 0.717) is 62.8 Å². The van der Waals surface area contributed by atoms with Gasteiger partial charge >= 0.3 is 6.18 Å². The zero-order chi connectivity index (χ0) is 30.6. The summed E-state index contributed by atoms with van der Waals surface area (Å²) >= 11 is 1.37. The van der Waals surface area contributed by atoms with Crippen LogP contribution in [0.3, 0.4) is 0 Å². The van der Waals surface area contributed by atoms with Crippen LogP contribution in [0.4, 0.5) is 23.2 Å². The van der Waals surface area contributed by atoms with E-state index in [-0.39, 0.29) is 11.8 Å². The molecule has 2 amide bonds. The number of piperazine rings is 1. The molecule has 1 aliphatic rings. The molecule has 43 heavy (non-hydrogen) atoms. The maximum absolute atomic E-state index is 13.4. The van der Waals surface area contributed by atoms with E-state index in [4.69, 9.17) is 0 Å². The molecular weight excluding hydrogens is 582 g/mol. The van der Waals surface area contributed by atoms with Gasteiger partial charge in [-0.1, -0.05) is 13.0 Å². The predicted molar refractivity (Wildman–Crippen MR) is 157 cm³/mol. The Bertz CT molecular complexity index is 1560. The van der Waals surface area contributed by atoms with E-state index in [1.165, 1.54) is 41.7 Å². The van der Waals surface area contributed by atoms with Gasteiger partial charge in [0.05, 0.1) is 18.7 Å². The number of hydrogen-bond donors (Lipinski definition) is 0. The van der Waals surface area contributed by atoms with Crippen molar-refractivity contribution in [3.8, 4) is 0 Å². The first-order valence-electron chi connectivity index (χ1n) is 14.0. The molecule has 0 saturated carbocycles. The van der Waals surface area contributed by atoms with Crippen molar-refractivity contribution in [2.45, 2.75) is 32.6 Å².